The molecule has 5 heteroatoms. The van der Waals surface area contributed by atoms with E-state index >= 15 is 0 Å². The number of ether oxygens (including phenoxy) is 2. The lowest BCUT2D eigenvalue weighted by Crippen LogP contribution is -2.58. The van der Waals surface area contributed by atoms with Crippen molar-refractivity contribution in [1.29, 1.82) is 0 Å². The van der Waals surface area contributed by atoms with E-state index in [1.807, 2.05) is 49.3 Å². The van der Waals surface area contributed by atoms with Crippen LogP contribution in [0.15, 0.2) is 30.3 Å². The Morgan fingerprint density at radius 3 is 2.74 bits per heavy atom. The molecule has 27 heavy (non-hydrogen) atoms. The van der Waals surface area contributed by atoms with Crippen LogP contribution in [-0.2, 0) is 9.53 Å². The summed E-state index contributed by atoms with van der Waals surface area (Å²) in [5.74, 6) is 3.44. The Morgan fingerprint density at radius 2 is 2.07 bits per heavy atom. The zero-order valence-electron chi connectivity index (χ0n) is 16.4. The van der Waals surface area contributed by atoms with Crippen molar-refractivity contribution in [3.05, 3.63) is 30.3 Å². The van der Waals surface area contributed by atoms with Crippen molar-refractivity contribution in [3.8, 4) is 18.1 Å². The summed E-state index contributed by atoms with van der Waals surface area (Å²) in [6.45, 7) is 1.46. The van der Waals surface area contributed by atoms with E-state index in [2.05, 4.69) is 10.8 Å². The fourth-order valence-corrected chi connectivity index (χ4v) is 4.45. The number of terminal acetylenes is 1. The number of hydrogen-bond acceptors (Lipinski definition) is 4. The predicted octanol–water partition coefficient (Wildman–Crippen LogP) is 2.56. The Bertz CT molecular complexity index is 664. The highest BCUT2D eigenvalue weighted by molar-refractivity contribution is 5.78. The average Bonchev–Trinajstić information content (AvgIpc) is 3.14. The molecule has 1 saturated carbocycles. The van der Waals surface area contributed by atoms with Crippen LogP contribution in [0.2, 0.25) is 0 Å². The first kappa shape index (κ1) is 19.7. The number of benzene rings is 1. The largest absolute Gasteiger partial charge is 0.484 e. The summed E-state index contributed by atoms with van der Waals surface area (Å²) in [4.78, 5) is 16.8. The molecule has 0 aromatic heterocycles. The molecule has 1 aliphatic carbocycles. The third-order valence-corrected chi connectivity index (χ3v) is 6.01. The Kier molecular flexibility index (Phi) is 6.41. The van der Waals surface area contributed by atoms with E-state index in [1.165, 1.54) is 0 Å². The second kappa shape index (κ2) is 8.77. The van der Waals surface area contributed by atoms with E-state index in [0.29, 0.717) is 12.3 Å². The van der Waals surface area contributed by atoms with E-state index in [0.717, 1.165) is 38.7 Å². The van der Waals surface area contributed by atoms with Crippen molar-refractivity contribution in [2.24, 2.45) is 0 Å². The molecule has 3 atom stereocenters. The number of nitrogens with zero attached hydrogens (tertiary/aromatic N) is 2. The minimum atomic E-state index is -0.0333. The molecule has 2 aliphatic rings. The van der Waals surface area contributed by atoms with Crippen molar-refractivity contribution in [3.63, 3.8) is 0 Å². The number of rotatable bonds is 6. The maximum atomic E-state index is 12.8. The molecule has 2 fully saturated rings. The van der Waals surface area contributed by atoms with Gasteiger partial charge in [-0.25, -0.2) is 0 Å². The average molecular weight is 370 g/mol. The minimum Gasteiger partial charge on any atom is -0.484 e. The summed E-state index contributed by atoms with van der Waals surface area (Å²) in [5.41, 5.74) is -0.0333. The molecule has 146 valence electrons. The third kappa shape index (κ3) is 4.63. The second-order valence-corrected chi connectivity index (χ2v) is 7.74. The Hall–Kier alpha value is -2.03. The minimum absolute atomic E-state index is 0.00810. The van der Waals surface area contributed by atoms with Crippen LogP contribution in [0.3, 0.4) is 0 Å². The molecule has 0 unspecified atom stereocenters. The molecule has 0 N–H and O–H groups in total. The first-order valence-corrected chi connectivity index (χ1v) is 9.76. The molecule has 1 aromatic carbocycles. The number of carbonyl (C=O) groups excluding carboxylic acids is 1. The van der Waals surface area contributed by atoms with Crippen LogP contribution in [0.5, 0.6) is 5.75 Å². The van der Waals surface area contributed by atoms with Crippen molar-refractivity contribution in [2.45, 2.75) is 49.8 Å². The van der Waals surface area contributed by atoms with Gasteiger partial charge in [-0.1, -0.05) is 24.1 Å². The summed E-state index contributed by atoms with van der Waals surface area (Å²) in [7, 11) is 3.93. The van der Waals surface area contributed by atoms with Gasteiger partial charge in [-0.05, 0) is 51.3 Å². The SMILES string of the molecule is C#CCN(C)[C@H]1C[C@]2(CCCO2)CC[C@@H]1N(C)C(=O)COc1ccccc1. The van der Waals surface area contributed by atoms with Gasteiger partial charge < -0.3 is 14.4 Å². The van der Waals surface area contributed by atoms with Gasteiger partial charge in [-0.3, -0.25) is 9.69 Å². The molecular formula is C22H30N2O3. The Labute approximate surface area is 162 Å². The highest BCUT2D eigenvalue weighted by Crippen LogP contribution is 2.42. The van der Waals surface area contributed by atoms with Gasteiger partial charge in [-0.2, -0.15) is 0 Å². The highest BCUT2D eigenvalue weighted by Gasteiger charge is 2.46. The number of carbonyl (C=O) groups is 1. The fourth-order valence-electron chi connectivity index (χ4n) is 4.45. The number of amides is 1. The predicted molar refractivity (Wildman–Crippen MR) is 106 cm³/mol. The summed E-state index contributed by atoms with van der Waals surface area (Å²) < 4.78 is 11.8. The fraction of sp³-hybridized carbons (Fsp3) is 0.591. The van der Waals surface area contributed by atoms with Crippen LogP contribution in [0.1, 0.15) is 32.1 Å². The molecular weight excluding hydrogens is 340 g/mol. The van der Waals surface area contributed by atoms with E-state index in [4.69, 9.17) is 15.9 Å². The first-order chi connectivity index (χ1) is 13.0. The van der Waals surface area contributed by atoms with Gasteiger partial charge in [-0.15, -0.1) is 6.42 Å². The van der Waals surface area contributed by atoms with Crippen LogP contribution in [0, 0.1) is 12.3 Å². The van der Waals surface area contributed by atoms with Gasteiger partial charge >= 0.3 is 0 Å². The zero-order valence-corrected chi connectivity index (χ0v) is 16.4. The highest BCUT2D eigenvalue weighted by atomic mass is 16.5. The standard InChI is InChI=1S/C22H30N2O3/c1-4-14-23(2)20-16-22(12-8-15-27-22)13-11-19(20)24(3)21(25)17-26-18-9-6-5-7-10-18/h1,5-7,9-10,19-20H,8,11-17H2,2-3H3/t19-,20-,22-/m0/s1. The monoisotopic (exact) mass is 370 g/mol. The van der Waals surface area contributed by atoms with Crippen LogP contribution >= 0.6 is 0 Å². The second-order valence-electron chi connectivity index (χ2n) is 7.74. The summed E-state index contributed by atoms with van der Waals surface area (Å²) in [6.07, 6.45) is 10.6. The molecule has 0 radical (unpaired) electrons. The van der Waals surface area contributed by atoms with E-state index in [9.17, 15) is 4.79 Å². The van der Waals surface area contributed by atoms with Crippen molar-refractivity contribution >= 4 is 5.91 Å². The number of para-hydroxylation sites is 1. The number of likely N-dealkylation sites (N-methyl/N-ethyl adjacent to an activating group) is 2. The maximum Gasteiger partial charge on any atom is 0.260 e. The maximum absolute atomic E-state index is 12.8. The van der Waals surface area contributed by atoms with Crippen molar-refractivity contribution in [1.82, 2.24) is 9.80 Å². The zero-order chi connectivity index (χ0) is 19.3. The van der Waals surface area contributed by atoms with Gasteiger partial charge in [0.1, 0.15) is 5.75 Å². The molecule has 1 spiro atoms. The molecule has 3 rings (SSSR count). The smallest absolute Gasteiger partial charge is 0.260 e. The van der Waals surface area contributed by atoms with E-state index in [1.54, 1.807) is 0 Å². The van der Waals surface area contributed by atoms with Crippen molar-refractivity contribution in [2.75, 3.05) is 33.9 Å². The summed E-state index contributed by atoms with van der Waals surface area (Å²) in [5, 5.41) is 0. The molecule has 1 saturated heterocycles. The van der Waals surface area contributed by atoms with Gasteiger partial charge in [0, 0.05) is 25.7 Å². The molecule has 5 nitrogen and oxygen atoms in total. The molecule has 1 amide bonds. The van der Waals surface area contributed by atoms with E-state index < -0.39 is 0 Å². The van der Waals surface area contributed by atoms with Gasteiger partial charge in [0.25, 0.3) is 5.91 Å². The van der Waals surface area contributed by atoms with E-state index in [-0.39, 0.29) is 30.2 Å². The normalized spacial score (nSPS) is 27.5. The Morgan fingerprint density at radius 1 is 1.30 bits per heavy atom. The van der Waals surface area contributed by atoms with Crippen LogP contribution < -0.4 is 4.74 Å². The molecule has 0 bridgehead atoms. The van der Waals surface area contributed by atoms with Crippen molar-refractivity contribution < 1.29 is 14.3 Å². The van der Waals surface area contributed by atoms with Gasteiger partial charge in [0.15, 0.2) is 6.61 Å². The summed E-state index contributed by atoms with van der Waals surface area (Å²) in [6, 6.07) is 9.75. The first-order valence-electron chi connectivity index (χ1n) is 9.76. The summed E-state index contributed by atoms with van der Waals surface area (Å²) >= 11 is 0. The van der Waals surface area contributed by atoms with Crippen LogP contribution in [-0.4, -0.2) is 67.2 Å². The topological polar surface area (TPSA) is 42.0 Å². The lowest BCUT2D eigenvalue weighted by Gasteiger charge is -2.48. The lowest BCUT2D eigenvalue weighted by atomic mass is 9.76. The molecule has 1 aromatic rings. The van der Waals surface area contributed by atoms with Gasteiger partial charge in [0.2, 0.25) is 0 Å². The molecule has 1 heterocycles. The van der Waals surface area contributed by atoms with Crippen LogP contribution in [0.25, 0.3) is 0 Å². The quantitative estimate of drug-likeness (QED) is 0.722. The van der Waals surface area contributed by atoms with Crippen LogP contribution in [0.4, 0.5) is 0 Å². The Balaban J connectivity index is 1.66. The molecule has 1 aliphatic heterocycles. The number of hydrogen-bond donors (Lipinski definition) is 0. The lowest BCUT2D eigenvalue weighted by molar-refractivity contribution is -0.139. The third-order valence-electron chi connectivity index (χ3n) is 6.01. The van der Waals surface area contributed by atoms with Gasteiger partial charge in [0.05, 0.1) is 12.1 Å².